The highest BCUT2D eigenvalue weighted by molar-refractivity contribution is 5.97. The van der Waals surface area contributed by atoms with E-state index >= 15 is 0 Å². The van der Waals surface area contributed by atoms with Crippen LogP contribution in [0.2, 0.25) is 0 Å². The van der Waals surface area contributed by atoms with Gasteiger partial charge < -0.3 is 21.7 Å². The Balaban J connectivity index is 0.00000420. The van der Waals surface area contributed by atoms with Crippen molar-refractivity contribution in [3.05, 3.63) is 24.0 Å². The summed E-state index contributed by atoms with van der Waals surface area (Å²) in [7, 11) is 0. The molecule has 7 nitrogen and oxygen atoms in total. The minimum absolute atomic E-state index is 0. The van der Waals surface area contributed by atoms with Gasteiger partial charge in [0.25, 0.3) is 0 Å². The van der Waals surface area contributed by atoms with Crippen molar-refractivity contribution in [3.63, 3.8) is 0 Å². The zero-order chi connectivity index (χ0) is 20.7. The second-order valence-corrected chi connectivity index (χ2v) is 7.55. The number of carbonyl (C=O) groups excluding carboxylic acids is 3. The summed E-state index contributed by atoms with van der Waals surface area (Å²) < 4.78 is 14.1. The van der Waals surface area contributed by atoms with Gasteiger partial charge in [0.15, 0.2) is 0 Å². The molecule has 5 N–H and O–H groups in total. The Bertz CT molecular complexity index is 724. The molecule has 29 heavy (non-hydrogen) atoms. The van der Waals surface area contributed by atoms with Gasteiger partial charge in [0.2, 0.25) is 17.7 Å². The van der Waals surface area contributed by atoms with Crippen molar-refractivity contribution in [2.45, 2.75) is 52.0 Å². The number of hydrogen-bond donors (Lipinski definition) is 4. The molecule has 0 spiro atoms. The summed E-state index contributed by atoms with van der Waals surface area (Å²) in [5.41, 5.74) is 6.07. The lowest BCUT2D eigenvalue weighted by Crippen LogP contribution is -2.46. The molecule has 1 aliphatic rings. The Kier molecular flexibility index (Phi) is 10.0. The van der Waals surface area contributed by atoms with Crippen LogP contribution in [0.1, 0.15) is 46.0 Å². The molecular weight excluding hydrogens is 399 g/mol. The SMILES string of the molecule is CC(C)[C@H](N)C(=O)NCC(=O)Nc1ccc(F)c(NC(=O)C2CCCCC2)c1.Cl. The molecule has 0 heterocycles. The molecule has 9 heteroatoms. The van der Waals surface area contributed by atoms with Crippen LogP contribution in [0.25, 0.3) is 0 Å². The largest absolute Gasteiger partial charge is 0.346 e. The molecule has 1 saturated carbocycles. The first-order chi connectivity index (χ1) is 13.3. The molecule has 1 fully saturated rings. The molecule has 0 radical (unpaired) electrons. The van der Waals surface area contributed by atoms with Crippen LogP contribution in [0.4, 0.5) is 15.8 Å². The van der Waals surface area contributed by atoms with E-state index < -0.39 is 23.7 Å². The highest BCUT2D eigenvalue weighted by Crippen LogP contribution is 2.26. The molecule has 0 saturated heterocycles. The van der Waals surface area contributed by atoms with Gasteiger partial charge in [0, 0.05) is 11.6 Å². The summed E-state index contributed by atoms with van der Waals surface area (Å²) in [5, 5.41) is 7.66. The number of halogens is 2. The number of hydrogen-bond acceptors (Lipinski definition) is 4. The molecule has 0 aliphatic heterocycles. The number of benzene rings is 1. The highest BCUT2D eigenvalue weighted by Gasteiger charge is 2.22. The van der Waals surface area contributed by atoms with Gasteiger partial charge in [-0.15, -0.1) is 12.4 Å². The topological polar surface area (TPSA) is 113 Å². The van der Waals surface area contributed by atoms with Crippen molar-refractivity contribution in [2.24, 2.45) is 17.6 Å². The molecule has 1 aliphatic carbocycles. The molecule has 0 bridgehead atoms. The molecule has 1 aromatic rings. The Hall–Kier alpha value is -2.19. The van der Waals surface area contributed by atoms with E-state index in [4.69, 9.17) is 5.73 Å². The van der Waals surface area contributed by atoms with Gasteiger partial charge in [-0.05, 0) is 37.0 Å². The Morgan fingerprint density at radius 2 is 1.79 bits per heavy atom. The maximum atomic E-state index is 14.1. The number of rotatable bonds is 7. The Morgan fingerprint density at radius 3 is 2.41 bits per heavy atom. The van der Waals surface area contributed by atoms with Crippen molar-refractivity contribution in [3.8, 4) is 0 Å². The van der Waals surface area contributed by atoms with E-state index in [0.717, 1.165) is 32.1 Å². The van der Waals surface area contributed by atoms with E-state index in [0.29, 0.717) is 5.69 Å². The summed E-state index contributed by atoms with van der Waals surface area (Å²) in [6.07, 6.45) is 4.74. The van der Waals surface area contributed by atoms with E-state index in [1.807, 2.05) is 13.8 Å². The third-order valence-electron chi connectivity index (χ3n) is 4.93. The maximum absolute atomic E-state index is 14.1. The highest BCUT2D eigenvalue weighted by atomic mass is 35.5. The lowest BCUT2D eigenvalue weighted by atomic mass is 9.88. The first kappa shape index (κ1) is 24.8. The van der Waals surface area contributed by atoms with Gasteiger partial charge in [0.1, 0.15) is 5.82 Å². The molecular formula is C20H30ClFN4O3. The summed E-state index contributed by atoms with van der Waals surface area (Å²) in [6, 6.07) is 3.25. The van der Waals surface area contributed by atoms with Crippen LogP contribution in [0.5, 0.6) is 0 Å². The fourth-order valence-corrected chi connectivity index (χ4v) is 3.09. The van der Waals surface area contributed by atoms with E-state index in [2.05, 4.69) is 16.0 Å². The van der Waals surface area contributed by atoms with Crippen molar-refractivity contribution in [1.82, 2.24) is 5.32 Å². The second kappa shape index (κ2) is 11.7. The van der Waals surface area contributed by atoms with Crippen LogP contribution >= 0.6 is 12.4 Å². The average Bonchev–Trinajstić information content (AvgIpc) is 2.68. The van der Waals surface area contributed by atoms with E-state index in [1.54, 1.807) is 0 Å². The Labute approximate surface area is 176 Å². The van der Waals surface area contributed by atoms with E-state index in [9.17, 15) is 18.8 Å². The van der Waals surface area contributed by atoms with Gasteiger partial charge >= 0.3 is 0 Å². The van der Waals surface area contributed by atoms with Crippen LogP contribution in [0, 0.1) is 17.7 Å². The van der Waals surface area contributed by atoms with Gasteiger partial charge in [-0.2, -0.15) is 0 Å². The molecule has 0 unspecified atom stereocenters. The molecule has 2 rings (SSSR count). The predicted octanol–water partition coefficient (Wildman–Crippen LogP) is 2.80. The van der Waals surface area contributed by atoms with Crippen LogP contribution in [0.3, 0.4) is 0 Å². The summed E-state index contributed by atoms with van der Waals surface area (Å²) in [5.74, 6) is -1.80. The van der Waals surface area contributed by atoms with Gasteiger partial charge in [-0.3, -0.25) is 14.4 Å². The van der Waals surface area contributed by atoms with Crippen molar-refractivity contribution >= 4 is 41.5 Å². The van der Waals surface area contributed by atoms with Gasteiger partial charge in [-0.25, -0.2) is 4.39 Å². The van der Waals surface area contributed by atoms with Gasteiger partial charge in [0.05, 0.1) is 18.3 Å². The molecule has 1 atom stereocenters. The first-order valence-electron chi connectivity index (χ1n) is 9.71. The quantitative estimate of drug-likeness (QED) is 0.534. The Morgan fingerprint density at radius 1 is 1.14 bits per heavy atom. The molecule has 162 valence electrons. The van der Waals surface area contributed by atoms with E-state index in [1.165, 1.54) is 18.2 Å². The van der Waals surface area contributed by atoms with Crippen LogP contribution < -0.4 is 21.7 Å². The monoisotopic (exact) mass is 428 g/mol. The zero-order valence-electron chi connectivity index (χ0n) is 16.8. The van der Waals surface area contributed by atoms with Crippen molar-refractivity contribution < 1.29 is 18.8 Å². The normalized spacial score (nSPS) is 15.2. The minimum atomic E-state index is -0.694. The summed E-state index contributed by atoms with van der Waals surface area (Å²) >= 11 is 0. The maximum Gasteiger partial charge on any atom is 0.243 e. The fraction of sp³-hybridized carbons (Fsp3) is 0.550. The molecule has 1 aromatic carbocycles. The minimum Gasteiger partial charge on any atom is -0.346 e. The zero-order valence-corrected chi connectivity index (χ0v) is 17.6. The number of amides is 3. The van der Waals surface area contributed by atoms with Crippen LogP contribution in [-0.2, 0) is 14.4 Å². The first-order valence-corrected chi connectivity index (χ1v) is 9.71. The lowest BCUT2D eigenvalue weighted by Gasteiger charge is -2.21. The van der Waals surface area contributed by atoms with Gasteiger partial charge in [-0.1, -0.05) is 33.1 Å². The van der Waals surface area contributed by atoms with E-state index in [-0.39, 0.29) is 42.4 Å². The van der Waals surface area contributed by atoms with Crippen molar-refractivity contribution in [1.29, 1.82) is 0 Å². The third-order valence-corrected chi connectivity index (χ3v) is 4.93. The van der Waals surface area contributed by atoms with Crippen LogP contribution in [0.15, 0.2) is 18.2 Å². The third kappa shape index (κ3) is 7.62. The second-order valence-electron chi connectivity index (χ2n) is 7.55. The average molecular weight is 429 g/mol. The smallest absolute Gasteiger partial charge is 0.243 e. The number of nitrogens with one attached hydrogen (secondary N) is 3. The lowest BCUT2D eigenvalue weighted by molar-refractivity contribution is -0.125. The summed E-state index contributed by atoms with van der Waals surface area (Å²) in [6.45, 7) is 3.37. The van der Waals surface area contributed by atoms with Crippen molar-refractivity contribution in [2.75, 3.05) is 17.2 Å². The molecule has 0 aromatic heterocycles. The number of carbonyl (C=O) groups is 3. The fourth-order valence-electron chi connectivity index (χ4n) is 3.09. The number of nitrogens with two attached hydrogens (primary N) is 1. The molecule has 3 amide bonds. The summed E-state index contributed by atoms with van der Waals surface area (Å²) in [4.78, 5) is 36.2. The number of anilines is 2. The standard InChI is InChI=1S/C20H29FN4O3.ClH/c1-12(2)18(22)20(28)23-11-17(26)24-14-8-9-15(21)16(10-14)25-19(27)13-6-4-3-5-7-13;/h8-10,12-13,18H,3-7,11,22H2,1-2H3,(H,23,28)(H,24,26)(H,25,27);1H/t18-;/m0./s1. The predicted molar refractivity (Wildman–Crippen MR) is 113 cm³/mol. The van der Waals surface area contributed by atoms with Crippen LogP contribution in [-0.4, -0.2) is 30.3 Å².